The van der Waals surface area contributed by atoms with E-state index in [1.165, 1.54) is 12.4 Å². The molecule has 0 aliphatic heterocycles. The fraction of sp³-hybridized carbons (Fsp3) is 0.600. The fourth-order valence-corrected chi connectivity index (χ4v) is 1.54. The smallest absolute Gasteiger partial charge is 0.273 e. The van der Waals surface area contributed by atoms with Gasteiger partial charge in [-0.2, -0.15) is 0 Å². The lowest BCUT2D eigenvalue weighted by molar-refractivity contribution is -0.123. The first-order valence-electron chi connectivity index (χ1n) is 7.46. The van der Waals surface area contributed by atoms with Crippen molar-refractivity contribution in [1.29, 1.82) is 0 Å². The highest BCUT2D eigenvalue weighted by Crippen LogP contribution is 2.17. The Hall–Kier alpha value is -1.48. The van der Waals surface area contributed by atoms with Gasteiger partial charge in [-0.25, -0.2) is 9.97 Å². The van der Waals surface area contributed by atoms with Gasteiger partial charge in [-0.05, 0) is 0 Å². The van der Waals surface area contributed by atoms with Crippen LogP contribution in [0.25, 0.3) is 0 Å². The van der Waals surface area contributed by atoms with Gasteiger partial charge in [0.1, 0.15) is 0 Å². The van der Waals surface area contributed by atoms with Gasteiger partial charge in [0.05, 0.1) is 6.61 Å². The summed E-state index contributed by atoms with van der Waals surface area (Å²) >= 11 is 0. The van der Waals surface area contributed by atoms with E-state index in [-0.39, 0.29) is 48.1 Å². The van der Waals surface area contributed by atoms with Crippen LogP contribution in [0.2, 0.25) is 0 Å². The molecule has 25 heavy (non-hydrogen) atoms. The molecule has 144 valence electrons. The third-order valence-corrected chi connectivity index (χ3v) is 2.90. The summed E-state index contributed by atoms with van der Waals surface area (Å²) in [7, 11) is 1.63. The highest BCUT2D eigenvalue weighted by Gasteiger charge is 2.24. The Kier molecular flexibility index (Phi) is 13.2. The van der Waals surface area contributed by atoms with Crippen molar-refractivity contribution in [1.82, 2.24) is 20.6 Å². The predicted molar refractivity (Wildman–Crippen MR) is 102 cm³/mol. The van der Waals surface area contributed by atoms with Crippen molar-refractivity contribution in [3.8, 4) is 0 Å². The number of methoxy groups -OCH3 is 1. The number of carbonyl (C=O) groups excluding carboxylic acids is 2. The van der Waals surface area contributed by atoms with Gasteiger partial charge in [-0.3, -0.25) is 9.59 Å². The highest BCUT2D eigenvalue weighted by atomic mass is 35.5. The van der Waals surface area contributed by atoms with Gasteiger partial charge in [0.2, 0.25) is 5.91 Å². The third kappa shape index (κ3) is 9.54. The van der Waals surface area contributed by atoms with Crippen molar-refractivity contribution in [2.45, 2.75) is 20.8 Å². The van der Waals surface area contributed by atoms with Gasteiger partial charge in [0, 0.05) is 44.6 Å². The largest absolute Gasteiger partial charge is 0.383 e. The minimum atomic E-state index is -0.587. The minimum Gasteiger partial charge on any atom is -0.383 e. The van der Waals surface area contributed by atoms with Crippen molar-refractivity contribution in [3.05, 3.63) is 18.1 Å². The minimum absolute atomic E-state index is 0. The lowest BCUT2D eigenvalue weighted by Gasteiger charge is -2.18. The van der Waals surface area contributed by atoms with Gasteiger partial charge in [-0.1, -0.05) is 20.8 Å². The van der Waals surface area contributed by atoms with Crippen LogP contribution in [0, 0.1) is 5.41 Å². The first kappa shape index (κ1) is 25.8. The zero-order valence-electron chi connectivity index (χ0n) is 14.9. The van der Waals surface area contributed by atoms with Crippen LogP contribution in [0.3, 0.4) is 0 Å². The SMILES string of the molecule is COCCNCCNC(=O)c1nccnc1NC(=O)C(C)(C)C.Cl.Cl. The molecule has 0 aromatic carbocycles. The Morgan fingerprint density at radius 2 is 1.72 bits per heavy atom. The number of anilines is 1. The van der Waals surface area contributed by atoms with E-state index < -0.39 is 5.41 Å². The molecule has 8 nitrogen and oxygen atoms in total. The molecule has 0 atom stereocenters. The molecule has 1 rings (SSSR count). The summed E-state index contributed by atoms with van der Waals surface area (Å²) in [6.45, 7) is 7.72. The predicted octanol–water partition coefficient (Wildman–Crippen LogP) is 1.27. The molecular formula is C15H27Cl2N5O3. The molecule has 0 radical (unpaired) electrons. The number of halogens is 2. The number of nitrogens with one attached hydrogen (secondary N) is 3. The van der Waals surface area contributed by atoms with Gasteiger partial charge in [0.25, 0.3) is 5.91 Å². The maximum Gasteiger partial charge on any atom is 0.273 e. The zero-order valence-corrected chi connectivity index (χ0v) is 16.6. The van der Waals surface area contributed by atoms with Crippen LogP contribution in [0.4, 0.5) is 5.82 Å². The number of carbonyl (C=O) groups is 2. The Labute approximate surface area is 160 Å². The number of hydrogen-bond acceptors (Lipinski definition) is 6. The molecule has 0 spiro atoms. The van der Waals surface area contributed by atoms with Crippen molar-refractivity contribution in [2.75, 3.05) is 38.7 Å². The molecule has 3 N–H and O–H groups in total. The topological polar surface area (TPSA) is 105 Å². The maximum atomic E-state index is 12.2. The molecule has 0 bridgehead atoms. The quantitative estimate of drug-likeness (QED) is 0.572. The monoisotopic (exact) mass is 395 g/mol. The van der Waals surface area contributed by atoms with E-state index >= 15 is 0 Å². The molecule has 0 aliphatic rings. The first-order valence-corrected chi connectivity index (χ1v) is 7.46. The van der Waals surface area contributed by atoms with E-state index in [1.807, 2.05) is 0 Å². The van der Waals surface area contributed by atoms with Crippen molar-refractivity contribution < 1.29 is 14.3 Å². The van der Waals surface area contributed by atoms with E-state index in [0.717, 1.165) is 0 Å². The molecule has 0 saturated carbocycles. The number of ether oxygens (including phenoxy) is 1. The third-order valence-electron chi connectivity index (χ3n) is 2.90. The molecular weight excluding hydrogens is 369 g/mol. The van der Waals surface area contributed by atoms with Crippen LogP contribution < -0.4 is 16.0 Å². The second-order valence-corrected chi connectivity index (χ2v) is 5.96. The van der Waals surface area contributed by atoms with Gasteiger partial charge in [-0.15, -0.1) is 24.8 Å². The van der Waals surface area contributed by atoms with Crippen LogP contribution in [-0.2, 0) is 9.53 Å². The normalized spacial score (nSPS) is 10.2. The average Bonchev–Trinajstić information content (AvgIpc) is 2.50. The summed E-state index contributed by atoms with van der Waals surface area (Å²) in [5.74, 6) is -0.443. The van der Waals surface area contributed by atoms with E-state index in [2.05, 4.69) is 25.9 Å². The molecule has 1 aromatic rings. The summed E-state index contributed by atoms with van der Waals surface area (Å²) in [4.78, 5) is 32.3. The average molecular weight is 396 g/mol. The molecule has 0 fully saturated rings. The van der Waals surface area contributed by atoms with Crippen LogP contribution in [0.1, 0.15) is 31.3 Å². The highest BCUT2D eigenvalue weighted by molar-refractivity contribution is 6.02. The van der Waals surface area contributed by atoms with Crippen LogP contribution >= 0.6 is 24.8 Å². The summed E-state index contributed by atoms with van der Waals surface area (Å²) in [5, 5.41) is 8.49. The number of nitrogens with zero attached hydrogens (tertiary/aromatic N) is 2. The van der Waals surface area contributed by atoms with E-state index in [9.17, 15) is 9.59 Å². The number of hydrogen-bond donors (Lipinski definition) is 3. The Bertz CT molecular complexity index is 538. The molecule has 2 amide bonds. The summed E-state index contributed by atoms with van der Waals surface area (Å²) in [6.07, 6.45) is 2.85. The van der Waals surface area contributed by atoms with Gasteiger partial charge in [0.15, 0.2) is 11.5 Å². The summed E-state index contributed by atoms with van der Waals surface area (Å²) < 4.78 is 4.91. The second-order valence-electron chi connectivity index (χ2n) is 5.96. The zero-order chi connectivity index (χ0) is 17.3. The number of aromatic nitrogens is 2. The molecule has 10 heteroatoms. The van der Waals surface area contributed by atoms with Gasteiger partial charge >= 0.3 is 0 Å². The summed E-state index contributed by atoms with van der Waals surface area (Å²) in [5.41, 5.74) is -0.488. The van der Waals surface area contributed by atoms with Crippen LogP contribution in [0.5, 0.6) is 0 Å². The van der Waals surface area contributed by atoms with Crippen molar-refractivity contribution in [2.24, 2.45) is 5.41 Å². The lowest BCUT2D eigenvalue weighted by Crippen LogP contribution is -2.35. The lowest BCUT2D eigenvalue weighted by atomic mass is 9.96. The molecule has 1 aromatic heterocycles. The summed E-state index contributed by atoms with van der Waals surface area (Å²) in [6, 6.07) is 0. The molecule has 1 heterocycles. The Morgan fingerprint density at radius 3 is 2.32 bits per heavy atom. The molecule has 0 aliphatic carbocycles. The Morgan fingerprint density at radius 1 is 1.08 bits per heavy atom. The van der Waals surface area contributed by atoms with E-state index in [0.29, 0.717) is 26.2 Å². The maximum absolute atomic E-state index is 12.2. The molecule has 0 unspecified atom stereocenters. The standard InChI is InChI=1S/C15H25N5O3.2ClH/c1-15(2,3)14(22)20-12-11(17-7-8-18-12)13(21)19-6-5-16-9-10-23-4;;/h7-8,16H,5-6,9-10H2,1-4H3,(H,19,21)(H,18,20,22);2*1H. The fourth-order valence-electron chi connectivity index (χ4n) is 1.54. The number of amides is 2. The van der Waals surface area contributed by atoms with Crippen LogP contribution in [0.15, 0.2) is 12.4 Å². The first-order chi connectivity index (χ1) is 10.9. The van der Waals surface area contributed by atoms with Gasteiger partial charge < -0.3 is 20.7 Å². The van der Waals surface area contributed by atoms with Crippen molar-refractivity contribution >= 4 is 42.4 Å². The van der Waals surface area contributed by atoms with E-state index in [1.54, 1.807) is 27.9 Å². The van der Waals surface area contributed by atoms with Crippen molar-refractivity contribution in [3.63, 3.8) is 0 Å². The molecule has 0 saturated heterocycles. The van der Waals surface area contributed by atoms with Crippen LogP contribution in [-0.4, -0.2) is 55.1 Å². The Balaban J connectivity index is 0. The van der Waals surface area contributed by atoms with E-state index in [4.69, 9.17) is 4.74 Å². The second kappa shape index (κ2) is 12.8. The number of rotatable bonds is 8.